The van der Waals surface area contributed by atoms with Crippen LogP contribution in [0.25, 0.3) is 10.9 Å². The Balaban J connectivity index is 1.88. The maximum absolute atomic E-state index is 14.8. The van der Waals surface area contributed by atoms with Crippen LogP contribution in [-0.2, 0) is 6.54 Å². The molecule has 2 fully saturated rings. The third kappa shape index (κ3) is 2.59. The fourth-order valence-corrected chi connectivity index (χ4v) is 4.05. The molecule has 2 atom stereocenters. The van der Waals surface area contributed by atoms with Crippen LogP contribution in [0.3, 0.4) is 0 Å². The highest BCUT2D eigenvalue weighted by molar-refractivity contribution is 5.93. The minimum absolute atomic E-state index is 0.112. The van der Waals surface area contributed by atoms with Gasteiger partial charge in [-0.2, -0.15) is 0 Å². The summed E-state index contributed by atoms with van der Waals surface area (Å²) >= 11 is 0. The second kappa shape index (κ2) is 5.84. The van der Waals surface area contributed by atoms with Crippen molar-refractivity contribution in [1.82, 2.24) is 9.88 Å². The average Bonchev–Trinajstić information content (AvgIpc) is 2.93. The third-order valence-electron chi connectivity index (χ3n) is 5.28. The summed E-state index contributed by atoms with van der Waals surface area (Å²) in [5.41, 5.74) is 0.0788. The van der Waals surface area contributed by atoms with Gasteiger partial charge < -0.3 is 19.9 Å². The SMILES string of the molecule is CCn1cc(C(=O)O)c(=O)c2cc(F)c(N3CC4CCC(C3)N4)cc21. The van der Waals surface area contributed by atoms with Crippen molar-refractivity contribution < 1.29 is 14.3 Å². The largest absolute Gasteiger partial charge is 0.477 e. The summed E-state index contributed by atoms with van der Waals surface area (Å²) in [6.07, 6.45) is 3.53. The Bertz CT molecular complexity index is 912. The van der Waals surface area contributed by atoms with E-state index in [2.05, 4.69) is 5.32 Å². The molecule has 2 saturated heterocycles. The number of halogens is 1. The van der Waals surface area contributed by atoms with E-state index >= 15 is 0 Å². The van der Waals surface area contributed by atoms with Gasteiger partial charge >= 0.3 is 5.97 Å². The number of aryl methyl sites for hydroxylation is 1. The standard InChI is InChI=1S/C18H20FN3O3/c1-2-21-9-13(18(24)25)17(23)12-5-14(19)16(6-15(12)21)22-7-10-3-4-11(8-22)20-10/h5-6,9-11,20H,2-4,7-8H2,1H3,(H,24,25). The lowest BCUT2D eigenvalue weighted by Crippen LogP contribution is -2.51. The Kier molecular flexibility index (Phi) is 3.76. The molecular weight excluding hydrogens is 325 g/mol. The summed E-state index contributed by atoms with van der Waals surface area (Å²) in [4.78, 5) is 25.7. The molecule has 3 heterocycles. The van der Waals surface area contributed by atoms with Gasteiger partial charge in [0.25, 0.3) is 0 Å². The van der Waals surface area contributed by atoms with Gasteiger partial charge in [-0.05, 0) is 31.9 Å². The average molecular weight is 345 g/mol. The molecule has 2 aromatic rings. The van der Waals surface area contributed by atoms with E-state index in [9.17, 15) is 19.1 Å². The van der Waals surface area contributed by atoms with E-state index in [4.69, 9.17) is 0 Å². The Morgan fingerprint density at radius 1 is 1.32 bits per heavy atom. The second-order valence-corrected chi connectivity index (χ2v) is 6.83. The van der Waals surface area contributed by atoms with Crippen molar-refractivity contribution in [3.8, 4) is 0 Å². The monoisotopic (exact) mass is 345 g/mol. The molecule has 0 amide bonds. The van der Waals surface area contributed by atoms with Crippen molar-refractivity contribution in [1.29, 1.82) is 0 Å². The van der Waals surface area contributed by atoms with Crippen LogP contribution in [0.5, 0.6) is 0 Å². The van der Waals surface area contributed by atoms with Crippen molar-refractivity contribution in [2.75, 3.05) is 18.0 Å². The van der Waals surface area contributed by atoms with Crippen LogP contribution in [0.4, 0.5) is 10.1 Å². The fourth-order valence-electron chi connectivity index (χ4n) is 4.05. The summed E-state index contributed by atoms with van der Waals surface area (Å²) in [5.74, 6) is -1.77. The molecule has 0 radical (unpaired) electrons. The number of pyridine rings is 1. The van der Waals surface area contributed by atoms with Crippen LogP contribution in [0.1, 0.15) is 30.1 Å². The molecule has 1 aromatic carbocycles. The summed E-state index contributed by atoms with van der Waals surface area (Å²) in [6, 6.07) is 3.62. The molecule has 1 aromatic heterocycles. The molecule has 4 rings (SSSR count). The normalized spacial score (nSPS) is 22.6. The molecule has 0 spiro atoms. The lowest BCUT2D eigenvalue weighted by Gasteiger charge is -2.35. The van der Waals surface area contributed by atoms with Crippen molar-refractivity contribution in [2.24, 2.45) is 0 Å². The lowest BCUT2D eigenvalue weighted by atomic mass is 10.1. The molecule has 2 unspecified atom stereocenters. The first-order chi connectivity index (χ1) is 12.0. The molecule has 0 saturated carbocycles. The number of nitrogens with one attached hydrogen (secondary N) is 1. The zero-order valence-electron chi connectivity index (χ0n) is 14.0. The van der Waals surface area contributed by atoms with Gasteiger partial charge in [0.15, 0.2) is 0 Å². The predicted octanol–water partition coefficient (Wildman–Crippen LogP) is 1.80. The van der Waals surface area contributed by atoms with Gasteiger partial charge in [0.05, 0.1) is 11.2 Å². The molecule has 132 valence electrons. The van der Waals surface area contributed by atoms with Crippen molar-refractivity contribution in [3.63, 3.8) is 0 Å². The number of carboxylic acid groups (broad SMARTS) is 1. The van der Waals surface area contributed by atoms with Crippen molar-refractivity contribution in [3.05, 3.63) is 39.9 Å². The molecule has 0 aliphatic carbocycles. The number of carboxylic acids is 1. The number of benzene rings is 1. The minimum Gasteiger partial charge on any atom is -0.477 e. The number of hydrogen-bond acceptors (Lipinski definition) is 4. The van der Waals surface area contributed by atoms with E-state index in [1.807, 2.05) is 11.8 Å². The molecular formula is C18H20FN3O3. The number of aromatic carboxylic acids is 1. The number of nitrogens with zero attached hydrogens (tertiary/aromatic N) is 2. The van der Waals surface area contributed by atoms with Crippen LogP contribution in [0, 0.1) is 5.82 Å². The molecule has 2 N–H and O–H groups in total. The highest BCUT2D eigenvalue weighted by atomic mass is 19.1. The van der Waals surface area contributed by atoms with E-state index in [1.165, 1.54) is 12.3 Å². The topological polar surface area (TPSA) is 74.6 Å². The van der Waals surface area contributed by atoms with E-state index in [0.29, 0.717) is 29.8 Å². The number of rotatable bonds is 3. The third-order valence-corrected chi connectivity index (χ3v) is 5.28. The van der Waals surface area contributed by atoms with Crippen LogP contribution in [0.2, 0.25) is 0 Å². The second-order valence-electron chi connectivity index (χ2n) is 6.83. The first kappa shape index (κ1) is 16.1. The number of anilines is 1. The highest BCUT2D eigenvalue weighted by Gasteiger charge is 2.33. The Labute approximate surface area is 143 Å². The van der Waals surface area contributed by atoms with Gasteiger partial charge in [-0.1, -0.05) is 0 Å². The van der Waals surface area contributed by atoms with Gasteiger partial charge in [0.2, 0.25) is 5.43 Å². The summed E-state index contributed by atoms with van der Waals surface area (Å²) in [5, 5.41) is 12.8. The number of hydrogen-bond donors (Lipinski definition) is 2. The first-order valence-corrected chi connectivity index (χ1v) is 8.59. The molecule has 6 nitrogen and oxygen atoms in total. The Morgan fingerprint density at radius 3 is 2.60 bits per heavy atom. The Hall–Kier alpha value is -2.41. The molecule has 7 heteroatoms. The summed E-state index contributed by atoms with van der Waals surface area (Å²) in [6.45, 7) is 3.84. The maximum Gasteiger partial charge on any atom is 0.341 e. The lowest BCUT2D eigenvalue weighted by molar-refractivity contribution is 0.0695. The van der Waals surface area contributed by atoms with Gasteiger partial charge in [-0.15, -0.1) is 0 Å². The zero-order valence-corrected chi connectivity index (χ0v) is 14.0. The van der Waals surface area contributed by atoms with Gasteiger partial charge in [-0.3, -0.25) is 4.79 Å². The van der Waals surface area contributed by atoms with E-state index in [1.54, 1.807) is 10.6 Å². The summed E-state index contributed by atoms with van der Waals surface area (Å²) < 4.78 is 16.5. The van der Waals surface area contributed by atoms with Crippen LogP contribution in [-0.4, -0.2) is 40.8 Å². The fraction of sp³-hybridized carbons (Fsp3) is 0.444. The predicted molar refractivity (Wildman–Crippen MR) is 93.0 cm³/mol. The Morgan fingerprint density at radius 2 is 2.00 bits per heavy atom. The quantitative estimate of drug-likeness (QED) is 0.887. The molecule has 2 aliphatic heterocycles. The van der Waals surface area contributed by atoms with Gasteiger partial charge in [0, 0.05) is 43.3 Å². The van der Waals surface area contributed by atoms with Gasteiger partial charge in [-0.25, -0.2) is 9.18 Å². The first-order valence-electron chi connectivity index (χ1n) is 8.59. The molecule has 2 aliphatic rings. The zero-order chi connectivity index (χ0) is 17.7. The molecule has 2 bridgehead atoms. The number of carbonyl (C=O) groups is 1. The van der Waals surface area contributed by atoms with Crippen LogP contribution >= 0.6 is 0 Å². The number of aromatic nitrogens is 1. The van der Waals surface area contributed by atoms with Crippen LogP contribution < -0.4 is 15.6 Å². The van der Waals surface area contributed by atoms with Crippen LogP contribution in [0.15, 0.2) is 23.1 Å². The highest BCUT2D eigenvalue weighted by Crippen LogP contribution is 2.30. The van der Waals surface area contributed by atoms with E-state index < -0.39 is 17.2 Å². The van der Waals surface area contributed by atoms with E-state index in [0.717, 1.165) is 25.9 Å². The maximum atomic E-state index is 14.8. The smallest absolute Gasteiger partial charge is 0.341 e. The summed E-state index contributed by atoms with van der Waals surface area (Å²) in [7, 11) is 0. The van der Waals surface area contributed by atoms with E-state index in [-0.39, 0.29) is 10.9 Å². The molecule has 25 heavy (non-hydrogen) atoms. The van der Waals surface area contributed by atoms with Crippen molar-refractivity contribution >= 4 is 22.6 Å². The number of piperazine rings is 1. The minimum atomic E-state index is -1.29. The van der Waals surface area contributed by atoms with Gasteiger partial charge in [0.1, 0.15) is 11.4 Å². The number of fused-ring (bicyclic) bond motifs is 3. The van der Waals surface area contributed by atoms with Crippen molar-refractivity contribution in [2.45, 2.75) is 38.4 Å².